The lowest BCUT2D eigenvalue weighted by molar-refractivity contribution is 0.181. The van der Waals surface area contributed by atoms with Crippen LogP contribution in [-0.2, 0) is 11.3 Å². The Morgan fingerprint density at radius 1 is 1.31 bits per heavy atom. The molecule has 0 radical (unpaired) electrons. The van der Waals surface area contributed by atoms with Gasteiger partial charge in [-0.15, -0.1) is 11.3 Å². The number of halogens is 2. The molecule has 0 fully saturated rings. The Morgan fingerprint density at radius 2 is 2.12 bits per heavy atom. The van der Waals surface area contributed by atoms with Gasteiger partial charge in [0, 0.05) is 7.11 Å². The summed E-state index contributed by atoms with van der Waals surface area (Å²) >= 11 is 13.2. The molecule has 2 aromatic rings. The monoisotopic (exact) mass is 274 g/mol. The second-order valence-electron chi connectivity index (χ2n) is 3.04. The van der Waals surface area contributed by atoms with Crippen molar-refractivity contribution in [2.75, 3.05) is 7.11 Å². The molecule has 0 aliphatic heterocycles. The van der Waals surface area contributed by atoms with Crippen molar-refractivity contribution in [3.05, 3.63) is 33.4 Å². The van der Waals surface area contributed by atoms with Gasteiger partial charge in [0.15, 0.2) is 5.82 Å². The van der Waals surface area contributed by atoms with E-state index in [1.807, 2.05) is 12.1 Å². The molecule has 0 aromatic carbocycles. The minimum absolute atomic E-state index is 0.404. The minimum Gasteiger partial charge on any atom is -0.378 e. The summed E-state index contributed by atoms with van der Waals surface area (Å²) in [6.45, 7) is 0.411. The van der Waals surface area contributed by atoms with Crippen LogP contribution in [-0.4, -0.2) is 17.1 Å². The highest BCUT2D eigenvalue weighted by atomic mass is 35.5. The zero-order chi connectivity index (χ0) is 11.5. The number of hydrogen-bond acceptors (Lipinski definition) is 4. The van der Waals surface area contributed by atoms with Gasteiger partial charge in [0.1, 0.15) is 5.15 Å². The van der Waals surface area contributed by atoms with Crippen LogP contribution in [0.25, 0.3) is 10.7 Å². The van der Waals surface area contributed by atoms with Gasteiger partial charge in [0.05, 0.1) is 21.5 Å². The lowest BCUT2D eigenvalue weighted by Crippen LogP contribution is -1.96. The fraction of sp³-hybridized carbons (Fsp3) is 0.200. The molecule has 2 rings (SSSR count). The summed E-state index contributed by atoms with van der Waals surface area (Å²) in [5.74, 6) is 0.580. The summed E-state index contributed by atoms with van der Waals surface area (Å²) < 4.78 is 5.71. The van der Waals surface area contributed by atoms with Crippen molar-refractivity contribution < 1.29 is 4.74 Å². The second-order valence-corrected chi connectivity index (χ2v) is 5.14. The molecule has 0 spiro atoms. The van der Waals surface area contributed by atoms with Gasteiger partial charge in [-0.3, -0.25) is 0 Å². The van der Waals surface area contributed by atoms with E-state index in [0.717, 1.165) is 10.6 Å². The number of hydrogen-bond donors (Lipinski definition) is 0. The van der Waals surface area contributed by atoms with Crippen LogP contribution in [0.3, 0.4) is 0 Å². The molecule has 16 heavy (non-hydrogen) atoms. The average Bonchev–Trinajstić information content (AvgIpc) is 2.64. The van der Waals surface area contributed by atoms with Crippen LogP contribution >= 0.6 is 34.5 Å². The van der Waals surface area contributed by atoms with Crippen molar-refractivity contribution in [2.24, 2.45) is 0 Å². The van der Waals surface area contributed by atoms with E-state index in [2.05, 4.69) is 9.97 Å². The van der Waals surface area contributed by atoms with E-state index in [4.69, 9.17) is 27.9 Å². The average molecular weight is 275 g/mol. The molecule has 0 unspecified atom stereocenters. The quantitative estimate of drug-likeness (QED) is 0.802. The largest absolute Gasteiger partial charge is 0.378 e. The van der Waals surface area contributed by atoms with E-state index in [0.29, 0.717) is 21.9 Å². The highest BCUT2D eigenvalue weighted by Crippen LogP contribution is 2.29. The zero-order valence-corrected chi connectivity index (χ0v) is 10.7. The molecule has 0 aliphatic rings. The zero-order valence-electron chi connectivity index (χ0n) is 8.41. The van der Waals surface area contributed by atoms with E-state index in [1.165, 1.54) is 11.3 Å². The third-order valence-electron chi connectivity index (χ3n) is 1.83. The Bertz CT molecular complexity index is 501. The van der Waals surface area contributed by atoms with Crippen molar-refractivity contribution >= 4 is 34.5 Å². The number of ether oxygens (including phenoxy) is 1. The highest BCUT2D eigenvalue weighted by Gasteiger charge is 2.08. The van der Waals surface area contributed by atoms with E-state index < -0.39 is 0 Å². The molecule has 6 heteroatoms. The molecule has 0 amide bonds. The van der Waals surface area contributed by atoms with E-state index in [-0.39, 0.29) is 0 Å². The maximum absolute atomic E-state index is 5.91. The molecule has 84 valence electrons. The van der Waals surface area contributed by atoms with Crippen LogP contribution in [0.5, 0.6) is 0 Å². The first-order valence-corrected chi connectivity index (χ1v) is 6.04. The number of nitrogens with zero attached hydrogens (tertiary/aromatic N) is 2. The Kier molecular flexibility index (Phi) is 3.76. The summed E-state index contributed by atoms with van der Waals surface area (Å²) in [6, 6.07) is 5.36. The fourth-order valence-corrected chi connectivity index (χ4v) is 2.41. The molecular formula is C10H8Cl2N2OS. The first-order valence-electron chi connectivity index (χ1n) is 4.47. The highest BCUT2D eigenvalue weighted by molar-refractivity contribution is 7.19. The SMILES string of the molecule is COCc1cc(Cl)nc(-c2ccc(Cl)s2)n1. The van der Waals surface area contributed by atoms with Crippen molar-refractivity contribution in [2.45, 2.75) is 6.61 Å². The van der Waals surface area contributed by atoms with Crippen molar-refractivity contribution in [1.82, 2.24) is 9.97 Å². The van der Waals surface area contributed by atoms with Crippen LogP contribution in [0.15, 0.2) is 18.2 Å². The van der Waals surface area contributed by atoms with E-state index in [9.17, 15) is 0 Å². The number of thiophene rings is 1. The Balaban J connectivity index is 2.40. The van der Waals surface area contributed by atoms with Crippen LogP contribution in [0.2, 0.25) is 9.49 Å². The molecule has 0 aliphatic carbocycles. The van der Waals surface area contributed by atoms with E-state index in [1.54, 1.807) is 13.2 Å². The molecule has 0 atom stereocenters. The molecule has 0 saturated heterocycles. The van der Waals surface area contributed by atoms with Crippen LogP contribution in [0, 0.1) is 0 Å². The molecule has 2 heterocycles. The molecule has 3 nitrogen and oxygen atoms in total. The maximum atomic E-state index is 5.91. The summed E-state index contributed by atoms with van der Waals surface area (Å²) in [6.07, 6.45) is 0. The summed E-state index contributed by atoms with van der Waals surface area (Å²) in [5.41, 5.74) is 0.752. The third kappa shape index (κ3) is 2.71. The normalized spacial score (nSPS) is 10.7. The minimum atomic E-state index is 0.404. The van der Waals surface area contributed by atoms with Gasteiger partial charge >= 0.3 is 0 Å². The first-order chi connectivity index (χ1) is 7.69. The summed E-state index contributed by atoms with van der Waals surface area (Å²) in [5, 5.41) is 0.404. The molecule has 0 saturated carbocycles. The summed E-state index contributed by atoms with van der Waals surface area (Å²) in [7, 11) is 1.61. The van der Waals surface area contributed by atoms with Gasteiger partial charge in [-0.2, -0.15) is 0 Å². The standard InChI is InChI=1S/C10H8Cl2N2OS/c1-15-5-6-4-8(11)14-10(13-6)7-2-3-9(12)16-7/h2-4H,5H2,1H3. The van der Waals surface area contributed by atoms with Crippen LogP contribution in [0.1, 0.15) is 5.69 Å². The van der Waals surface area contributed by atoms with Crippen molar-refractivity contribution in [1.29, 1.82) is 0 Å². The Labute approximate surface area is 107 Å². The maximum Gasteiger partial charge on any atom is 0.171 e. The van der Waals surface area contributed by atoms with Crippen LogP contribution < -0.4 is 0 Å². The topological polar surface area (TPSA) is 35.0 Å². The molecule has 0 N–H and O–H groups in total. The van der Waals surface area contributed by atoms with E-state index >= 15 is 0 Å². The lowest BCUT2D eigenvalue weighted by Gasteiger charge is -2.02. The Hall–Kier alpha value is -0.680. The number of rotatable bonds is 3. The first kappa shape index (κ1) is 11.8. The number of methoxy groups -OCH3 is 1. The van der Waals surface area contributed by atoms with Gasteiger partial charge in [-0.1, -0.05) is 23.2 Å². The summed E-state index contributed by atoms with van der Waals surface area (Å²) in [4.78, 5) is 9.38. The molecule has 0 bridgehead atoms. The smallest absolute Gasteiger partial charge is 0.171 e. The van der Waals surface area contributed by atoms with Crippen molar-refractivity contribution in [3.8, 4) is 10.7 Å². The lowest BCUT2D eigenvalue weighted by atomic mass is 10.4. The van der Waals surface area contributed by atoms with Crippen LogP contribution in [0.4, 0.5) is 0 Å². The predicted molar refractivity (Wildman–Crippen MR) is 66.1 cm³/mol. The Morgan fingerprint density at radius 3 is 2.75 bits per heavy atom. The molecule has 2 aromatic heterocycles. The van der Waals surface area contributed by atoms with Gasteiger partial charge in [-0.05, 0) is 18.2 Å². The predicted octanol–water partition coefficient (Wildman–Crippen LogP) is 3.66. The second kappa shape index (κ2) is 5.10. The van der Waals surface area contributed by atoms with Gasteiger partial charge in [-0.25, -0.2) is 9.97 Å². The molecular weight excluding hydrogens is 267 g/mol. The van der Waals surface area contributed by atoms with Gasteiger partial charge in [0.25, 0.3) is 0 Å². The van der Waals surface area contributed by atoms with Gasteiger partial charge < -0.3 is 4.74 Å². The van der Waals surface area contributed by atoms with Gasteiger partial charge in [0.2, 0.25) is 0 Å². The van der Waals surface area contributed by atoms with Crippen molar-refractivity contribution in [3.63, 3.8) is 0 Å². The number of aromatic nitrogens is 2. The fourth-order valence-electron chi connectivity index (χ4n) is 1.23. The third-order valence-corrected chi connectivity index (χ3v) is 3.25.